The molecule has 0 radical (unpaired) electrons. The highest BCUT2D eigenvalue weighted by Crippen LogP contribution is 2.27. The maximum absolute atomic E-state index is 10.8. The molecule has 0 saturated carbocycles. The van der Waals surface area contributed by atoms with Gasteiger partial charge in [-0.2, -0.15) is 0 Å². The van der Waals surface area contributed by atoms with Gasteiger partial charge in [0.05, 0.1) is 5.52 Å². The molecule has 25 heavy (non-hydrogen) atoms. The maximum Gasteiger partial charge on any atom is 0.511 e. The van der Waals surface area contributed by atoms with Crippen LogP contribution in [0.5, 0.6) is 5.75 Å². The van der Waals surface area contributed by atoms with Crippen LogP contribution >= 0.6 is 0 Å². The zero-order valence-corrected chi connectivity index (χ0v) is 13.4. The Balaban J connectivity index is 1.64. The number of hydrogen-bond donors (Lipinski definition) is 3. The van der Waals surface area contributed by atoms with Crippen LogP contribution in [0, 0.1) is 0 Å². The van der Waals surface area contributed by atoms with Gasteiger partial charge in [-0.15, -0.1) is 0 Å². The van der Waals surface area contributed by atoms with Gasteiger partial charge in [0.15, 0.2) is 5.75 Å². The number of nitrogens with zero attached hydrogens (tertiary/aromatic N) is 3. The molecule has 1 saturated heterocycles. The third-order valence-electron chi connectivity index (χ3n) is 4.14. The monoisotopic (exact) mass is 339 g/mol. The maximum atomic E-state index is 10.8. The number of aromatic nitrogens is 3. The van der Waals surface area contributed by atoms with E-state index in [0.29, 0.717) is 16.9 Å². The standard InChI is InChI=1S/C17H17N5O3/c23-17(24)25-13-3-1-2-12-15(13)21-16(20-12)11-4-5-14(19-10-11)22-8-6-18-7-9-22/h1-5,10,18H,6-9H2,(H,20,21)(H,23,24). The average molecular weight is 339 g/mol. The van der Waals surface area contributed by atoms with Crippen molar-refractivity contribution in [3.05, 3.63) is 36.5 Å². The second-order valence-electron chi connectivity index (χ2n) is 5.75. The number of hydrogen-bond acceptors (Lipinski definition) is 6. The normalized spacial score (nSPS) is 14.6. The highest BCUT2D eigenvalue weighted by Gasteiger charge is 2.14. The Hall–Kier alpha value is -3.13. The predicted molar refractivity (Wildman–Crippen MR) is 93.1 cm³/mol. The Morgan fingerprint density at radius 3 is 2.76 bits per heavy atom. The number of pyridine rings is 1. The molecule has 3 aromatic rings. The number of rotatable bonds is 3. The fourth-order valence-electron chi connectivity index (χ4n) is 2.93. The van der Waals surface area contributed by atoms with Gasteiger partial charge in [0.2, 0.25) is 0 Å². The zero-order valence-electron chi connectivity index (χ0n) is 13.4. The SMILES string of the molecule is O=C(O)Oc1cccc2[nH]c(-c3ccc(N4CCNCC4)nc3)nc12. The number of anilines is 1. The van der Waals surface area contributed by atoms with Crippen LogP contribution in [0.25, 0.3) is 22.4 Å². The number of fused-ring (bicyclic) bond motifs is 1. The van der Waals surface area contributed by atoms with Crippen LogP contribution in [0.15, 0.2) is 36.5 Å². The molecule has 2 aromatic heterocycles. The van der Waals surface area contributed by atoms with E-state index in [-0.39, 0.29) is 5.75 Å². The van der Waals surface area contributed by atoms with E-state index in [2.05, 4.69) is 25.2 Å². The lowest BCUT2D eigenvalue weighted by molar-refractivity contribution is 0.145. The molecular weight excluding hydrogens is 322 g/mol. The second kappa shape index (κ2) is 6.40. The lowest BCUT2D eigenvalue weighted by atomic mass is 10.2. The molecule has 1 aliphatic heterocycles. The van der Waals surface area contributed by atoms with E-state index in [0.717, 1.165) is 37.6 Å². The van der Waals surface area contributed by atoms with E-state index in [1.165, 1.54) is 0 Å². The number of imidazole rings is 1. The molecule has 0 bridgehead atoms. The van der Waals surface area contributed by atoms with E-state index < -0.39 is 6.16 Å². The number of H-pyrrole nitrogens is 1. The van der Waals surface area contributed by atoms with E-state index in [1.54, 1.807) is 18.3 Å². The molecule has 0 aliphatic carbocycles. The van der Waals surface area contributed by atoms with Crippen molar-refractivity contribution in [2.24, 2.45) is 0 Å². The predicted octanol–water partition coefficient (Wildman–Crippen LogP) is 2.09. The highest BCUT2D eigenvalue weighted by atomic mass is 16.7. The van der Waals surface area contributed by atoms with Gasteiger partial charge in [-0.1, -0.05) is 6.07 Å². The molecule has 8 nitrogen and oxygen atoms in total. The van der Waals surface area contributed by atoms with Gasteiger partial charge in [-0.05, 0) is 24.3 Å². The summed E-state index contributed by atoms with van der Waals surface area (Å²) >= 11 is 0. The minimum Gasteiger partial charge on any atom is -0.449 e. The van der Waals surface area contributed by atoms with Gasteiger partial charge in [0.25, 0.3) is 0 Å². The van der Waals surface area contributed by atoms with E-state index in [9.17, 15) is 4.79 Å². The van der Waals surface area contributed by atoms with Crippen LogP contribution in [0.3, 0.4) is 0 Å². The number of benzene rings is 1. The molecule has 1 fully saturated rings. The number of nitrogens with one attached hydrogen (secondary N) is 2. The van der Waals surface area contributed by atoms with Gasteiger partial charge in [-0.25, -0.2) is 14.8 Å². The summed E-state index contributed by atoms with van der Waals surface area (Å²) in [7, 11) is 0. The first kappa shape index (κ1) is 15.4. The topological polar surface area (TPSA) is 103 Å². The number of aromatic amines is 1. The molecule has 3 heterocycles. The molecule has 0 unspecified atom stereocenters. The van der Waals surface area contributed by atoms with Crippen LogP contribution in [0.2, 0.25) is 0 Å². The minimum atomic E-state index is -1.36. The third-order valence-corrected chi connectivity index (χ3v) is 4.14. The van der Waals surface area contributed by atoms with Crippen LogP contribution < -0.4 is 15.0 Å². The van der Waals surface area contributed by atoms with Crippen molar-refractivity contribution in [3.63, 3.8) is 0 Å². The van der Waals surface area contributed by atoms with Crippen molar-refractivity contribution in [1.82, 2.24) is 20.3 Å². The van der Waals surface area contributed by atoms with Crippen molar-refractivity contribution in [1.29, 1.82) is 0 Å². The minimum absolute atomic E-state index is 0.206. The molecule has 1 aliphatic rings. The largest absolute Gasteiger partial charge is 0.511 e. The van der Waals surface area contributed by atoms with E-state index in [1.807, 2.05) is 18.2 Å². The van der Waals surface area contributed by atoms with Crippen molar-refractivity contribution in [2.75, 3.05) is 31.1 Å². The lowest BCUT2D eigenvalue weighted by Crippen LogP contribution is -2.43. The number of carboxylic acid groups (broad SMARTS) is 1. The van der Waals surface area contributed by atoms with Crippen LogP contribution in [-0.4, -0.2) is 52.4 Å². The summed E-state index contributed by atoms with van der Waals surface area (Å²) in [6, 6.07) is 9.05. The average Bonchev–Trinajstić information content (AvgIpc) is 3.08. The van der Waals surface area contributed by atoms with Crippen molar-refractivity contribution >= 4 is 23.0 Å². The Labute approximate surface area is 143 Å². The first-order valence-corrected chi connectivity index (χ1v) is 8.02. The lowest BCUT2D eigenvalue weighted by Gasteiger charge is -2.28. The first-order chi connectivity index (χ1) is 12.2. The molecule has 3 N–H and O–H groups in total. The molecule has 0 amide bonds. The Bertz CT molecular complexity index is 900. The molecule has 128 valence electrons. The van der Waals surface area contributed by atoms with Crippen molar-refractivity contribution in [2.45, 2.75) is 0 Å². The molecular formula is C17H17N5O3. The molecule has 0 atom stereocenters. The van der Waals surface area contributed by atoms with Gasteiger partial charge in [0.1, 0.15) is 17.2 Å². The summed E-state index contributed by atoms with van der Waals surface area (Å²) in [6.45, 7) is 3.79. The molecule has 0 spiro atoms. The highest BCUT2D eigenvalue weighted by molar-refractivity contribution is 5.86. The Kier molecular flexibility index (Phi) is 3.95. The van der Waals surface area contributed by atoms with Gasteiger partial charge >= 0.3 is 6.16 Å². The number of para-hydroxylation sites is 1. The molecule has 8 heteroatoms. The fraction of sp³-hybridized carbons (Fsp3) is 0.235. The number of piperazine rings is 1. The smallest absolute Gasteiger partial charge is 0.449 e. The van der Waals surface area contributed by atoms with E-state index >= 15 is 0 Å². The Morgan fingerprint density at radius 2 is 2.04 bits per heavy atom. The summed E-state index contributed by atoms with van der Waals surface area (Å²) in [5.74, 6) is 1.77. The van der Waals surface area contributed by atoms with Crippen LogP contribution in [-0.2, 0) is 0 Å². The summed E-state index contributed by atoms with van der Waals surface area (Å²) in [5, 5.41) is 12.1. The summed E-state index contributed by atoms with van der Waals surface area (Å²) < 4.78 is 4.78. The first-order valence-electron chi connectivity index (χ1n) is 8.02. The Morgan fingerprint density at radius 1 is 1.20 bits per heavy atom. The van der Waals surface area contributed by atoms with Gasteiger partial charge in [-0.3, -0.25) is 0 Å². The third kappa shape index (κ3) is 3.11. The van der Waals surface area contributed by atoms with Crippen molar-refractivity contribution in [3.8, 4) is 17.1 Å². The summed E-state index contributed by atoms with van der Waals surface area (Å²) in [6.07, 6.45) is 0.409. The molecule has 1 aromatic carbocycles. The van der Waals surface area contributed by atoms with Crippen LogP contribution in [0.4, 0.5) is 10.6 Å². The second-order valence-corrected chi connectivity index (χ2v) is 5.75. The summed E-state index contributed by atoms with van der Waals surface area (Å²) in [5.41, 5.74) is 2.02. The van der Waals surface area contributed by atoms with Crippen LogP contribution in [0.1, 0.15) is 0 Å². The summed E-state index contributed by atoms with van der Waals surface area (Å²) in [4.78, 5) is 25.2. The number of carbonyl (C=O) groups is 1. The quantitative estimate of drug-likeness (QED) is 0.496. The number of ether oxygens (including phenoxy) is 1. The zero-order chi connectivity index (χ0) is 17.2. The van der Waals surface area contributed by atoms with Gasteiger partial charge in [0, 0.05) is 37.9 Å². The van der Waals surface area contributed by atoms with Gasteiger partial charge < -0.3 is 25.0 Å². The van der Waals surface area contributed by atoms with Crippen molar-refractivity contribution < 1.29 is 14.6 Å². The van der Waals surface area contributed by atoms with E-state index in [4.69, 9.17) is 9.84 Å². The molecule has 4 rings (SSSR count). The fourth-order valence-corrected chi connectivity index (χ4v) is 2.93.